The smallest absolute Gasteiger partial charge is 0.0900 e. The van der Waals surface area contributed by atoms with Crippen LogP contribution in [0.4, 0.5) is 0 Å². The van der Waals surface area contributed by atoms with Crippen LogP contribution in [0, 0.1) is 0 Å². The molecule has 0 spiro atoms. The first kappa shape index (κ1) is 18.1. The third-order valence-corrected chi connectivity index (χ3v) is 4.92. The maximum Gasteiger partial charge on any atom is 0.0900 e. The number of hydrogen-bond acceptors (Lipinski definition) is 3. The van der Waals surface area contributed by atoms with Gasteiger partial charge in [0, 0.05) is 12.5 Å². The molecule has 3 rings (SSSR count). The van der Waals surface area contributed by atoms with Crippen LogP contribution < -0.4 is 0 Å². The number of hydrogen-bond donors (Lipinski definition) is 1. The molecule has 0 bridgehead atoms. The Labute approximate surface area is 151 Å². The molecule has 3 heteroatoms. The van der Waals surface area contributed by atoms with Crippen molar-refractivity contribution in [1.29, 1.82) is 0 Å². The molecular weight excluding hydrogens is 310 g/mol. The van der Waals surface area contributed by atoms with E-state index in [1.807, 2.05) is 12.1 Å². The zero-order valence-electron chi connectivity index (χ0n) is 14.9. The van der Waals surface area contributed by atoms with Crippen LogP contribution >= 0.6 is 0 Å². The van der Waals surface area contributed by atoms with Gasteiger partial charge in [0.2, 0.25) is 0 Å². The predicted molar refractivity (Wildman–Crippen MR) is 102 cm³/mol. The molecule has 3 nitrogen and oxygen atoms in total. The molecule has 25 heavy (non-hydrogen) atoms. The highest BCUT2D eigenvalue weighted by molar-refractivity contribution is 5.32. The minimum absolute atomic E-state index is 0.199. The second-order valence-corrected chi connectivity index (χ2v) is 6.93. The summed E-state index contributed by atoms with van der Waals surface area (Å²) in [7, 11) is 0. The molecule has 1 heterocycles. The van der Waals surface area contributed by atoms with E-state index >= 15 is 0 Å². The average Bonchev–Trinajstić information content (AvgIpc) is 2.67. The monoisotopic (exact) mass is 339 g/mol. The zero-order valence-corrected chi connectivity index (χ0v) is 14.9. The number of aliphatic hydroxyl groups is 1. The largest absolute Gasteiger partial charge is 0.389 e. The molecular formula is C22H29NO2. The Bertz CT molecular complexity index is 556. The third-order valence-electron chi connectivity index (χ3n) is 4.92. The van der Waals surface area contributed by atoms with Crippen molar-refractivity contribution in [2.24, 2.45) is 0 Å². The molecule has 1 aliphatic rings. The van der Waals surface area contributed by atoms with E-state index in [0.29, 0.717) is 13.2 Å². The molecule has 0 saturated carbocycles. The van der Waals surface area contributed by atoms with Gasteiger partial charge < -0.3 is 14.7 Å². The van der Waals surface area contributed by atoms with E-state index in [2.05, 4.69) is 53.4 Å². The van der Waals surface area contributed by atoms with Crippen molar-refractivity contribution in [2.75, 3.05) is 32.8 Å². The number of aliphatic hydroxyl groups excluding tert-OH is 1. The number of nitrogens with zero attached hydrogens (tertiary/aromatic N) is 1. The first-order chi connectivity index (χ1) is 12.3. The first-order valence-electron chi connectivity index (χ1n) is 9.41. The molecule has 1 atom stereocenters. The number of β-amino-alcohol motifs (C(OH)–C–C–N with tert-alkyl or cyclic N) is 1. The maximum atomic E-state index is 10.3. The van der Waals surface area contributed by atoms with Crippen molar-refractivity contribution >= 4 is 0 Å². The van der Waals surface area contributed by atoms with Crippen molar-refractivity contribution in [1.82, 2.24) is 4.90 Å². The molecule has 1 aliphatic heterocycles. The van der Waals surface area contributed by atoms with E-state index in [1.165, 1.54) is 30.4 Å². The molecule has 0 amide bonds. The average molecular weight is 339 g/mol. The van der Waals surface area contributed by atoms with Crippen LogP contribution in [0.5, 0.6) is 0 Å². The van der Waals surface area contributed by atoms with Gasteiger partial charge in [0.1, 0.15) is 0 Å². The molecule has 1 saturated heterocycles. The fourth-order valence-corrected chi connectivity index (χ4v) is 3.57. The van der Waals surface area contributed by atoms with Crippen LogP contribution in [0.2, 0.25) is 0 Å². The number of likely N-dealkylation sites (tertiary alicyclic amines) is 1. The maximum absolute atomic E-state index is 10.3. The van der Waals surface area contributed by atoms with Gasteiger partial charge in [-0.1, -0.05) is 67.1 Å². The number of benzene rings is 2. The fraction of sp³-hybridized carbons (Fsp3) is 0.455. The molecule has 1 N–H and O–H groups in total. The lowest BCUT2D eigenvalue weighted by atomic mass is 9.92. The summed E-state index contributed by atoms with van der Waals surface area (Å²) < 4.78 is 5.93. The Morgan fingerprint density at radius 3 is 1.92 bits per heavy atom. The Balaban J connectivity index is 1.54. The van der Waals surface area contributed by atoms with Crippen LogP contribution in [0.25, 0.3) is 0 Å². The summed E-state index contributed by atoms with van der Waals surface area (Å²) in [5.74, 6) is 0.199. The molecule has 0 aromatic heterocycles. The van der Waals surface area contributed by atoms with Crippen LogP contribution in [0.1, 0.15) is 36.3 Å². The minimum Gasteiger partial charge on any atom is -0.389 e. The summed E-state index contributed by atoms with van der Waals surface area (Å²) >= 11 is 0. The lowest BCUT2D eigenvalue weighted by Crippen LogP contribution is -2.38. The highest BCUT2D eigenvalue weighted by Gasteiger charge is 2.17. The molecule has 0 unspecified atom stereocenters. The Morgan fingerprint density at radius 2 is 1.36 bits per heavy atom. The highest BCUT2D eigenvalue weighted by atomic mass is 16.5. The van der Waals surface area contributed by atoms with Gasteiger partial charge in [-0.05, 0) is 37.1 Å². The summed E-state index contributed by atoms with van der Waals surface area (Å²) in [5.41, 5.74) is 2.50. The Hall–Kier alpha value is -1.68. The van der Waals surface area contributed by atoms with Gasteiger partial charge in [0.25, 0.3) is 0 Å². The number of ether oxygens (including phenoxy) is 1. The molecule has 2 aromatic carbocycles. The number of piperidine rings is 1. The zero-order chi connectivity index (χ0) is 17.3. The third kappa shape index (κ3) is 5.67. The summed E-state index contributed by atoms with van der Waals surface area (Å²) in [6, 6.07) is 20.9. The summed E-state index contributed by atoms with van der Waals surface area (Å²) in [5, 5.41) is 10.3. The van der Waals surface area contributed by atoms with Gasteiger partial charge in [-0.15, -0.1) is 0 Å². The van der Waals surface area contributed by atoms with Crippen molar-refractivity contribution in [3.8, 4) is 0 Å². The summed E-state index contributed by atoms with van der Waals surface area (Å²) in [6.45, 7) is 3.92. The van der Waals surface area contributed by atoms with Gasteiger partial charge in [0.05, 0.1) is 19.3 Å². The van der Waals surface area contributed by atoms with Gasteiger partial charge >= 0.3 is 0 Å². The summed E-state index contributed by atoms with van der Waals surface area (Å²) in [6.07, 6.45) is 3.40. The molecule has 0 aliphatic carbocycles. The second-order valence-electron chi connectivity index (χ2n) is 6.93. The normalized spacial score (nSPS) is 16.9. The second kappa shape index (κ2) is 9.71. The van der Waals surface area contributed by atoms with E-state index in [0.717, 1.165) is 19.6 Å². The molecule has 2 aromatic rings. The van der Waals surface area contributed by atoms with E-state index in [-0.39, 0.29) is 5.92 Å². The van der Waals surface area contributed by atoms with Gasteiger partial charge in [-0.2, -0.15) is 0 Å². The van der Waals surface area contributed by atoms with E-state index in [1.54, 1.807) is 0 Å². The predicted octanol–water partition coefficient (Wildman–Crippen LogP) is 3.68. The SMILES string of the molecule is O[C@H](COCC(c1ccccc1)c1ccccc1)CN1CCCCC1. The van der Waals surface area contributed by atoms with Gasteiger partial charge in [0.15, 0.2) is 0 Å². The van der Waals surface area contributed by atoms with Crippen LogP contribution in [-0.4, -0.2) is 49.0 Å². The quantitative estimate of drug-likeness (QED) is 0.796. The first-order valence-corrected chi connectivity index (χ1v) is 9.41. The van der Waals surface area contributed by atoms with Crippen molar-refractivity contribution < 1.29 is 9.84 Å². The van der Waals surface area contributed by atoms with Crippen molar-refractivity contribution in [3.63, 3.8) is 0 Å². The fourth-order valence-electron chi connectivity index (χ4n) is 3.57. The summed E-state index contributed by atoms with van der Waals surface area (Å²) in [4.78, 5) is 2.35. The van der Waals surface area contributed by atoms with Crippen LogP contribution in [0.15, 0.2) is 60.7 Å². The molecule has 0 radical (unpaired) electrons. The highest BCUT2D eigenvalue weighted by Crippen LogP contribution is 2.24. The number of rotatable bonds is 8. The Morgan fingerprint density at radius 1 is 0.800 bits per heavy atom. The topological polar surface area (TPSA) is 32.7 Å². The molecule has 134 valence electrons. The van der Waals surface area contributed by atoms with E-state index in [4.69, 9.17) is 4.74 Å². The lowest BCUT2D eigenvalue weighted by molar-refractivity contribution is 0.0114. The van der Waals surface area contributed by atoms with Crippen molar-refractivity contribution in [3.05, 3.63) is 71.8 Å². The van der Waals surface area contributed by atoms with Crippen LogP contribution in [-0.2, 0) is 4.74 Å². The standard InChI is InChI=1S/C22H29NO2/c24-21(16-23-14-8-3-9-15-23)17-25-18-22(19-10-4-1-5-11-19)20-12-6-2-7-13-20/h1-2,4-7,10-13,21-22,24H,3,8-9,14-18H2/t21-/m0/s1. The van der Waals surface area contributed by atoms with Gasteiger partial charge in [-0.3, -0.25) is 0 Å². The van der Waals surface area contributed by atoms with Gasteiger partial charge in [-0.25, -0.2) is 0 Å². The lowest BCUT2D eigenvalue weighted by Gasteiger charge is -2.28. The Kier molecular flexibility index (Phi) is 7.04. The minimum atomic E-state index is -0.412. The van der Waals surface area contributed by atoms with E-state index in [9.17, 15) is 5.11 Å². The van der Waals surface area contributed by atoms with Crippen LogP contribution in [0.3, 0.4) is 0 Å². The molecule has 1 fully saturated rings. The van der Waals surface area contributed by atoms with E-state index < -0.39 is 6.10 Å². The van der Waals surface area contributed by atoms with Crippen molar-refractivity contribution in [2.45, 2.75) is 31.3 Å².